The van der Waals surface area contributed by atoms with Gasteiger partial charge < -0.3 is 30.0 Å². The van der Waals surface area contributed by atoms with E-state index in [4.69, 9.17) is 47.9 Å². The number of halogens is 2. The molecule has 4 rings (SSSR count). The van der Waals surface area contributed by atoms with Gasteiger partial charge in [-0.1, -0.05) is 29.3 Å². The van der Waals surface area contributed by atoms with Gasteiger partial charge in [-0.3, -0.25) is 0 Å². The maximum atomic E-state index is 11.1. The summed E-state index contributed by atoms with van der Waals surface area (Å²) in [6.07, 6.45) is 0.305. The van der Waals surface area contributed by atoms with Crippen molar-refractivity contribution in [1.29, 1.82) is 0 Å². The van der Waals surface area contributed by atoms with Crippen molar-refractivity contribution in [2.75, 3.05) is 32.8 Å². The number of nitrogens with one attached hydrogen (secondary N) is 1. The number of amides is 1. The first-order valence-corrected chi connectivity index (χ1v) is 10.3. The molecule has 0 bridgehead atoms. The van der Waals surface area contributed by atoms with Crippen LogP contribution in [0.2, 0.25) is 10.0 Å². The van der Waals surface area contributed by atoms with Crippen molar-refractivity contribution in [2.45, 2.75) is 12.1 Å². The lowest BCUT2D eigenvalue weighted by Gasteiger charge is -2.18. The van der Waals surface area contributed by atoms with Crippen molar-refractivity contribution >= 4 is 46.1 Å². The molecule has 1 aliphatic rings. The third-order valence-electron chi connectivity index (χ3n) is 5.05. The van der Waals surface area contributed by atoms with Gasteiger partial charge in [0.2, 0.25) is 5.95 Å². The van der Waals surface area contributed by atoms with Gasteiger partial charge in [0.25, 0.3) is 0 Å². The fourth-order valence-electron chi connectivity index (χ4n) is 3.50. The number of carbonyl (C=O) groups is 1. The summed E-state index contributed by atoms with van der Waals surface area (Å²) in [5.41, 5.74) is 7.15. The predicted octanol–water partition coefficient (Wildman–Crippen LogP) is 3.90. The van der Waals surface area contributed by atoms with Crippen LogP contribution in [0, 0.1) is 0 Å². The number of hydrogen-bond donors (Lipinski definition) is 2. The molecule has 1 saturated heterocycles. The number of fused-ring (bicyclic) bond motifs is 1. The van der Waals surface area contributed by atoms with Gasteiger partial charge in [0.1, 0.15) is 17.6 Å². The van der Waals surface area contributed by atoms with Gasteiger partial charge in [-0.25, -0.2) is 14.8 Å². The van der Waals surface area contributed by atoms with Crippen molar-refractivity contribution in [2.24, 2.45) is 5.73 Å². The number of methoxy groups -OCH3 is 2. The molecule has 2 aromatic carbocycles. The van der Waals surface area contributed by atoms with E-state index in [0.717, 1.165) is 10.9 Å². The first-order valence-electron chi connectivity index (χ1n) is 9.58. The van der Waals surface area contributed by atoms with E-state index in [1.54, 1.807) is 12.3 Å². The molecule has 2 atom stereocenters. The molecule has 0 saturated carbocycles. The Morgan fingerprint density at radius 2 is 1.88 bits per heavy atom. The predicted molar refractivity (Wildman–Crippen MR) is 121 cm³/mol. The Labute approximate surface area is 193 Å². The molecule has 0 radical (unpaired) electrons. The Morgan fingerprint density at radius 1 is 1.16 bits per heavy atom. The quantitative estimate of drug-likeness (QED) is 0.547. The van der Waals surface area contributed by atoms with Crippen LogP contribution >= 0.6 is 23.2 Å². The molecule has 11 heteroatoms. The number of aromatic nitrogens is 2. The van der Waals surface area contributed by atoms with Crippen LogP contribution in [0.25, 0.3) is 22.0 Å². The first-order chi connectivity index (χ1) is 15.4. The summed E-state index contributed by atoms with van der Waals surface area (Å²) in [5, 5.41) is 4.65. The fraction of sp³-hybridized carbons (Fsp3) is 0.286. The molecular weight excluding hydrogens is 459 g/mol. The second-order valence-corrected chi connectivity index (χ2v) is 7.77. The molecule has 1 fully saturated rings. The maximum Gasteiger partial charge on any atom is 0.404 e. The largest absolute Gasteiger partial charge is 0.495 e. The maximum absolute atomic E-state index is 11.1. The molecule has 3 N–H and O–H groups in total. The van der Waals surface area contributed by atoms with E-state index in [0.29, 0.717) is 45.2 Å². The highest BCUT2D eigenvalue weighted by molar-refractivity contribution is 6.41. The van der Waals surface area contributed by atoms with E-state index >= 15 is 0 Å². The molecule has 3 aromatic rings. The lowest BCUT2D eigenvalue weighted by atomic mass is 10.0. The molecule has 0 unspecified atom stereocenters. The smallest absolute Gasteiger partial charge is 0.404 e. The van der Waals surface area contributed by atoms with Gasteiger partial charge in [-0.05, 0) is 17.7 Å². The van der Waals surface area contributed by atoms with E-state index in [1.165, 1.54) is 14.2 Å². The van der Waals surface area contributed by atoms with Gasteiger partial charge in [-0.2, -0.15) is 0 Å². The van der Waals surface area contributed by atoms with Gasteiger partial charge >= 0.3 is 6.09 Å². The lowest BCUT2D eigenvalue weighted by Crippen LogP contribution is -2.37. The minimum atomic E-state index is -0.856. The number of rotatable bonds is 6. The molecule has 0 spiro atoms. The van der Waals surface area contributed by atoms with Crippen LogP contribution < -0.4 is 20.5 Å². The third-order valence-corrected chi connectivity index (χ3v) is 5.80. The molecule has 168 valence electrons. The highest BCUT2D eigenvalue weighted by Crippen LogP contribution is 2.46. The topological polar surface area (TPSA) is 118 Å². The number of nitrogens with zero attached hydrogens (tertiary/aromatic N) is 2. The highest BCUT2D eigenvalue weighted by Gasteiger charge is 2.31. The SMILES string of the molecule is COc1cc(OC)c(Cl)c(-c2ccc3nc(N[C@H]4COC[C@@H]4OC(N)=O)ncc3c2)c1Cl. The monoisotopic (exact) mass is 478 g/mol. The highest BCUT2D eigenvalue weighted by atomic mass is 35.5. The zero-order chi connectivity index (χ0) is 22.8. The van der Waals surface area contributed by atoms with Crippen molar-refractivity contribution < 1.29 is 23.7 Å². The Hall–Kier alpha value is -3.01. The summed E-state index contributed by atoms with van der Waals surface area (Å²) in [6.45, 7) is 0.593. The van der Waals surface area contributed by atoms with Crippen molar-refractivity contribution in [3.63, 3.8) is 0 Å². The van der Waals surface area contributed by atoms with E-state index in [1.807, 2.05) is 18.2 Å². The standard InChI is InChI=1S/C21H20Cl2N4O5/c1-29-14-6-15(30-2)19(23)17(18(14)22)10-3-4-12-11(5-10)7-25-21(26-12)27-13-8-31-9-16(13)32-20(24)28/h3-7,13,16H,8-9H2,1-2H3,(H2,24,28)(H,25,26,27)/t13-,16-/m0/s1. The Balaban J connectivity index is 1.65. The van der Waals surface area contributed by atoms with Crippen LogP contribution in [0.4, 0.5) is 10.7 Å². The van der Waals surface area contributed by atoms with E-state index < -0.39 is 12.2 Å². The molecule has 0 aliphatic carbocycles. The molecule has 1 aliphatic heterocycles. The van der Waals surface area contributed by atoms with Crippen LogP contribution in [0.3, 0.4) is 0 Å². The molecular formula is C21H20Cl2N4O5. The summed E-state index contributed by atoms with van der Waals surface area (Å²) in [7, 11) is 3.05. The summed E-state index contributed by atoms with van der Waals surface area (Å²) in [5.74, 6) is 1.27. The second kappa shape index (κ2) is 9.23. The number of benzene rings is 2. The van der Waals surface area contributed by atoms with Gasteiger partial charge in [0.15, 0.2) is 0 Å². The van der Waals surface area contributed by atoms with E-state index in [2.05, 4.69) is 15.3 Å². The van der Waals surface area contributed by atoms with Crippen LogP contribution in [0.1, 0.15) is 0 Å². The van der Waals surface area contributed by atoms with Crippen molar-refractivity contribution in [3.8, 4) is 22.6 Å². The minimum Gasteiger partial charge on any atom is -0.495 e. The van der Waals surface area contributed by atoms with Gasteiger partial charge in [0, 0.05) is 23.2 Å². The molecule has 1 amide bonds. The zero-order valence-corrected chi connectivity index (χ0v) is 18.7. The van der Waals surface area contributed by atoms with E-state index in [-0.39, 0.29) is 12.6 Å². The first kappa shape index (κ1) is 22.2. The number of hydrogen-bond acceptors (Lipinski definition) is 8. The van der Waals surface area contributed by atoms with Crippen LogP contribution in [-0.4, -0.2) is 55.6 Å². The fourth-order valence-corrected chi connectivity index (χ4v) is 4.22. The average Bonchev–Trinajstić information content (AvgIpc) is 3.19. The summed E-state index contributed by atoms with van der Waals surface area (Å²) in [4.78, 5) is 20.0. The third kappa shape index (κ3) is 4.32. The number of ether oxygens (including phenoxy) is 4. The minimum absolute atomic E-state index is 0.253. The number of primary amides is 1. The normalized spacial score (nSPS) is 17.9. The van der Waals surface area contributed by atoms with E-state index in [9.17, 15) is 4.79 Å². The molecule has 32 heavy (non-hydrogen) atoms. The van der Waals surface area contributed by atoms with Crippen molar-refractivity contribution in [1.82, 2.24) is 9.97 Å². The summed E-state index contributed by atoms with van der Waals surface area (Å²) in [6, 6.07) is 6.89. The average molecular weight is 479 g/mol. The number of carbonyl (C=O) groups excluding carboxylic acids is 1. The van der Waals surface area contributed by atoms with Crippen LogP contribution in [0.5, 0.6) is 11.5 Å². The zero-order valence-electron chi connectivity index (χ0n) is 17.2. The van der Waals surface area contributed by atoms with Gasteiger partial charge in [-0.15, -0.1) is 0 Å². The second-order valence-electron chi connectivity index (χ2n) is 7.01. The van der Waals surface area contributed by atoms with Crippen molar-refractivity contribution in [3.05, 3.63) is 40.5 Å². The molecule has 2 heterocycles. The molecule has 9 nitrogen and oxygen atoms in total. The number of anilines is 1. The Morgan fingerprint density at radius 3 is 2.53 bits per heavy atom. The summed E-state index contributed by atoms with van der Waals surface area (Å²) >= 11 is 13.1. The van der Waals surface area contributed by atoms with Gasteiger partial charge in [0.05, 0.1) is 49.0 Å². The lowest BCUT2D eigenvalue weighted by molar-refractivity contribution is 0.0880. The van der Waals surface area contributed by atoms with Crippen LogP contribution in [0.15, 0.2) is 30.5 Å². The van der Waals surface area contributed by atoms with Crippen LogP contribution in [-0.2, 0) is 9.47 Å². The Bertz CT molecular complexity index is 1150. The summed E-state index contributed by atoms with van der Waals surface area (Å²) < 4.78 is 21.1. The number of nitrogens with two attached hydrogens (primary N) is 1. The molecule has 1 aromatic heterocycles. The Kier molecular flexibility index (Phi) is 6.40.